The van der Waals surface area contributed by atoms with E-state index < -0.39 is 5.97 Å². The van der Waals surface area contributed by atoms with Crippen molar-refractivity contribution in [2.45, 2.75) is 12.8 Å². The molecule has 1 aliphatic heterocycles. The van der Waals surface area contributed by atoms with E-state index in [-0.39, 0.29) is 5.56 Å². The SMILES string of the molecule is CN1CCC(CN(C)c2ccc(Cl)cc2C(=O)O)CC1. The van der Waals surface area contributed by atoms with Gasteiger partial charge >= 0.3 is 5.97 Å². The summed E-state index contributed by atoms with van der Waals surface area (Å²) < 4.78 is 0. The van der Waals surface area contributed by atoms with Crippen LogP contribution in [0.15, 0.2) is 18.2 Å². The number of carbonyl (C=O) groups is 1. The number of anilines is 1. The molecular weight excluding hydrogens is 276 g/mol. The van der Waals surface area contributed by atoms with Crippen LogP contribution in [-0.2, 0) is 0 Å². The first-order valence-electron chi connectivity index (χ1n) is 6.90. The number of carboxylic acid groups (broad SMARTS) is 1. The minimum absolute atomic E-state index is 0.271. The van der Waals surface area contributed by atoms with E-state index in [1.54, 1.807) is 12.1 Å². The summed E-state index contributed by atoms with van der Waals surface area (Å²) in [4.78, 5) is 15.7. The maximum atomic E-state index is 11.3. The molecule has 1 saturated heterocycles. The van der Waals surface area contributed by atoms with E-state index in [2.05, 4.69) is 11.9 Å². The van der Waals surface area contributed by atoms with Crippen LogP contribution in [0.2, 0.25) is 5.02 Å². The van der Waals surface area contributed by atoms with Crippen molar-refractivity contribution in [2.24, 2.45) is 5.92 Å². The number of hydrogen-bond acceptors (Lipinski definition) is 3. The minimum atomic E-state index is -0.933. The van der Waals surface area contributed by atoms with Crippen molar-refractivity contribution < 1.29 is 9.90 Å². The Balaban J connectivity index is 2.09. The lowest BCUT2D eigenvalue weighted by Crippen LogP contribution is -2.36. The molecule has 0 unspecified atom stereocenters. The molecule has 2 rings (SSSR count). The van der Waals surface area contributed by atoms with Gasteiger partial charge in [-0.1, -0.05) is 11.6 Å². The van der Waals surface area contributed by atoms with Crippen LogP contribution in [0.3, 0.4) is 0 Å². The molecule has 0 saturated carbocycles. The van der Waals surface area contributed by atoms with Crippen molar-refractivity contribution in [3.05, 3.63) is 28.8 Å². The third-order valence-electron chi connectivity index (χ3n) is 3.97. The largest absolute Gasteiger partial charge is 0.478 e. The van der Waals surface area contributed by atoms with Crippen molar-refractivity contribution >= 4 is 23.3 Å². The zero-order valence-electron chi connectivity index (χ0n) is 12.0. The zero-order chi connectivity index (χ0) is 14.7. The molecule has 4 nitrogen and oxygen atoms in total. The molecule has 1 aromatic rings. The van der Waals surface area contributed by atoms with Crippen LogP contribution in [0.1, 0.15) is 23.2 Å². The molecule has 20 heavy (non-hydrogen) atoms. The van der Waals surface area contributed by atoms with E-state index >= 15 is 0 Å². The minimum Gasteiger partial charge on any atom is -0.478 e. The predicted octanol–water partition coefficient (Wildman–Crippen LogP) is 2.82. The second kappa shape index (κ2) is 6.46. The Labute approximate surface area is 124 Å². The third-order valence-corrected chi connectivity index (χ3v) is 4.21. The van der Waals surface area contributed by atoms with Gasteiger partial charge in [-0.05, 0) is 57.1 Å². The molecule has 1 aromatic carbocycles. The van der Waals surface area contributed by atoms with E-state index in [0.29, 0.717) is 10.9 Å². The normalized spacial score (nSPS) is 17.1. The standard InChI is InChI=1S/C15H21ClN2O2/c1-17-7-5-11(6-8-17)10-18(2)14-4-3-12(16)9-13(14)15(19)20/h3-4,9,11H,5-8,10H2,1-2H3,(H,19,20). The number of piperidine rings is 1. The van der Waals surface area contributed by atoms with Gasteiger partial charge in [0.05, 0.1) is 11.3 Å². The third kappa shape index (κ3) is 3.64. The van der Waals surface area contributed by atoms with Crippen molar-refractivity contribution in [3.8, 4) is 0 Å². The van der Waals surface area contributed by atoms with Crippen LogP contribution in [0.25, 0.3) is 0 Å². The first kappa shape index (κ1) is 15.1. The number of nitrogens with zero attached hydrogens (tertiary/aromatic N) is 2. The van der Waals surface area contributed by atoms with Crippen molar-refractivity contribution in [1.29, 1.82) is 0 Å². The van der Waals surface area contributed by atoms with Gasteiger partial charge in [-0.3, -0.25) is 0 Å². The summed E-state index contributed by atoms with van der Waals surface area (Å²) in [5, 5.41) is 9.74. The highest BCUT2D eigenvalue weighted by atomic mass is 35.5. The first-order chi connectivity index (χ1) is 9.47. The monoisotopic (exact) mass is 296 g/mol. The average molecular weight is 297 g/mol. The summed E-state index contributed by atoms with van der Waals surface area (Å²) in [6.45, 7) is 3.12. The van der Waals surface area contributed by atoms with Gasteiger partial charge in [0.1, 0.15) is 0 Å². The second-order valence-corrected chi connectivity index (χ2v) is 6.03. The molecule has 0 bridgehead atoms. The van der Waals surface area contributed by atoms with Gasteiger partial charge in [0.25, 0.3) is 0 Å². The molecule has 0 spiro atoms. The fourth-order valence-electron chi connectivity index (χ4n) is 2.74. The molecule has 0 aliphatic carbocycles. The Hall–Kier alpha value is -1.26. The first-order valence-corrected chi connectivity index (χ1v) is 7.27. The summed E-state index contributed by atoms with van der Waals surface area (Å²) in [6.07, 6.45) is 2.33. The number of benzene rings is 1. The predicted molar refractivity (Wildman–Crippen MR) is 81.9 cm³/mol. The lowest BCUT2D eigenvalue weighted by molar-refractivity contribution is 0.0697. The van der Waals surface area contributed by atoms with Crippen molar-refractivity contribution in [1.82, 2.24) is 4.90 Å². The molecule has 5 heteroatoms. The lowest BCUT2D eigenvalue weighted by Gasteiger charge is -2.32. The Bertz CT molecular complexity index is 485. The van der Waals surface area contributed by atoms with Gasteiger partial charge in [-0.25, -0.2) is 4.79 Å². The highest BCUT2D eigenvalue weighted by Crippen LogP contribution is 2.26. The summed E-state index contributed by atoms with van der Waals surface area (Å²) in [5.74, 6) is -0.314. The Morgan fingerprint density at radius 1 is 1.45 bits per heavy atom. The average Bonchev–Trinajstić information content (AvgIpc) is 2.41. The van der Waals surface area contributed by atoms with Gasteiger partial charge in [0, 0.05) is 18.6 Å². The number of hydrogen-bond donors (Lipinski definition) is 1. The molecule has 1 heterocycles. The number of aromatic carboxylic acids is 1. The highest BCUT2D eigenvalue weighted by Gasteiger charge is 2.20. The number of rotatable bonds is 4. The molecule has 0 radical (unpaired) electrons. The maximum absolute atomic E-state index is 11.3. The molecule has 1 aliphatic rings. The van der Waals surface area contributed by atoms with Crippen LogP contribution in [0.5, 0.6) is 0 Å². The van der Waals surface area contributed by atoms with Crippen LogP contribution in [-0.4, -0.2) is 49.7 Å². The van der Waals surface area contributed by atoms with Gasteiger partial charge < -0.3 is 14.9 Å². The maximum Gasteiger partial charge on any atom is 0.337 e. The summed E-state index contributed by atoms with van der Waals surface area (Å²) in [5.41, 5.74) is 1.01. The van der Waals surface area contributed by atoms with Crippen molar-refractivity contribution in [2.75, 3.05) is 38.6 Å². The number of carboxylic acids is 1. The quantitative estimate of drug-likeness (QED) is 0.928. The smallest absolute Gasteiger partial charge is 0.337 e. The molecule has 0 aromatic heterocycles. The fourth-order valence-corrected chi connectivity index (χ4v) is 2.91. The highest BCUT2D eigenvalue weighted by molar-refractivity contribution is 6.31. The Morgan fingerprint density at radius 2 is 2.10 bits per heavy atom. The van der Waals surface area contributed by atoms with E-state index in [4.69, 9.17) is 11.6 Å². The molecule has 0 amide bonds. The Morgan fingerprint density at radius 3 is 2.70 bits per heavy atom. The van der Waals surface area contributed by atoms with Crippen LogP contribution >= 0.6 is 11.6 Å². The molecule has 110 valence electrons. The molecule has 1 fully saturated rings. The number of likely N-dealkylation sites (tertiary alicyclic amines) is 1. The number of halogens is 1. The summed E-state index contributed by atoms with van der Waals surface area (Å²) in [6, 6.07) is 5.06. The van der Waals surface area contributed by atoms with Gasteiger partial charge in [-0.15, -0.1) is 0 Å². The molecular formula is C15H21ClN2O2. The summed E-state index contributed by atoms with van der Waals surface area (Å²) in [7, 11) is 4.09. The molecule has 0 atom stereocenters. The lowest BCUT2D eigenvalue weighted by atomic mass is 9.96. The van der Waals surface area contributed by atoms with E-state index in [0.717, 1.165) is 38.2 Å². The van der Waals surface area contributed by atoms with Gasteiger partial charge in [0.2, 0.25) is 0 Å². The van der Waals surface area contributed by atoms with E-state index in [1.165, 1.54) is 6.07 Å². The fraction of sp³-hybridized carbons (Fsp3) is 0.533. The van der Waals surface area contributed by atoms with E-state index in [1.807, 2.05) is 11.9 Å². The van der Waals surface area contributed by atoms with Crippen LogP contribution in [0.4, 0.5) is 5.69 Å². The topological polar surface area (TPSA) is 43.8 Å². The van der Waals surface area contributed by atoms with Crippen LogP contribution < -0.4 is 4.90 Å². The van der Waals surface area contributed by atoms with Crippen LogP contribution in [0, 0.1) is 5.92 Å². The van der Waals surface area contributed by atoms with Gasteiger partial charge in [-0.2, -0.15) is 0 Å². The second-order valence-electron chi connectivity index (χ2n) is 5.59. The van der Waals surface area contributed by atoms with E-state index in [9.17, 15) is 9.90 Å². The zero-order valence-corrected chi connectivity index (χ0v) is 12.7. The Kier molecular flexibility index (Phi) is 4.89. The molecule has 1 N–H and O–H groups in total. The summed E-state index contributed by atoms with van der Waals surface area (Å²) >= 11 is 5.89. The van der Waals surface area contributed by atoms with Gasteiger partial charge in [0.15, 0.2) is 0 Å². The van der Waals surface area contributed by atoms with Crippen molar-refractivity contribution in [3.63, 3.8) is 0 Å².